The van der Waals surface area contributed by atoms with Crippen LogP contribution in [0.1, 0.15) is 6.42 Å². The standard InChI is InChI=1S/C17H22N4O3S/c22-17-16-4-2-1-3-14(16)11-18-21(17)13-19-6-8-20(9-7-19)15-5-10-25(23,24)12-15/h1-4,11,15H,5-10,12-13H2. The number of fused-ring (bicyclic) bond motifs is 1. The molecule has 134 valence electrons. The van der Waals surface area contributed by atoms with Gasteiger partial charge in [0.15, 0.2) is 9.84 Å². The first-order valence-electron chi connectivity index (χ1n) is 8.63. The van der Waals surface area contributed by atoms with E-state index < -0.39 is 9.84 Å². The Kier molecular flexibility index (Phi) is 4.35. The molecule has 0 saturated carbocycles. The van der Waals surface area contributed by atoms with E-state index in [4.69, 9.17) is 0 Å². The van der Waals surface area contributed by atoms with Crippen molar-refractivity contribution in [3.63, 3.8) is 0 Å². The topological polar surface area (TPSA) is 75.5 Å². The first-order chi connectivity index (χ1) is 12.0. The van der Waals surface area contributed by atoms with Gasteiger partial charge in [-0.2, -0.15) is 5.10 Å². The number of nitrogens with zero attached hydrogens (tertiary/aromatic N) is 4. The van der Waals surface area contributed by atoms with Gasteiger partial charge in [-0.15, -0.1) is 0 Å². The summed E-state index contributed by atoms with van der Waals surface area (Å²) >= 11 is 0. The minimum absolute atomic E-state index is 0.0672. The predicted octanol–water partition coefficient (Wildman–Crippen LogP) is 0.159. The summed E-state index contributed by atoms with van der Waals surface area (Å²) < 4.78 is 24.8. The van der Waals surface area contributed by atoms with Crippen LogP contribution in [-0.4, -0.2) is 71.7 Å². The minimum atomic E-state index is -2.84. The molecule has 1 aromatic carbocycles. The molecule has 2 aliphatic rings. The van der Waals surface area contributed by atoms with Gasteiger partial charge in [0.05, 0.1) is 29.8 Å². The Balaban J connectivity index is 1.41. The van der Waals surface area contributed by atoms with E-state index in [1.165, 1.54) is 4.68 Å². The van der Waals surface area contributed by atoms with Crippen molar-refractivity contribution in [1.29, 1.82) is 0 Å². The molecule has 1 atom stereocenters. The van der Waals surface area contributed by atoms with Crippen molar-refractivity contribution in [2.75, 3.05) is 37.7 Å². The SMILES string of the molecule is O=c1c2ccccc2cnn1CN1CCN(C2CCS(=O)(=O)C2)CC1. The Hall–Kier alpha value is -1.77. The van der Waals surface area contributed by atoms with Gasteiger partial charge in [0.1, 0.15) is 0 Å². The maximum atomic E-state index is 12.5. The third-order valence-corrected chi connectivity index (χ3v) is 6.98. The molecular weight excluding hydrogens is 340 g/mol. The highest BCUT2D eigenvalue weighted by atomic mass is 32.2. The maximum absolute atomic E-state index is 12.5. The van der Waals surface area contributed by atoms with Gasteiger partial charge in [0.2, 0.25) is 0 Å². The molecule has 2 aromatic rings. The van der Waals surface area contributed by atoms with E-state index >= 15 is 0 Å². The highest BCUT2D eigenvalue weighted by Crippen LogP contribution is 2.19. The molecule has 7 nitrogen and oxygen atoms in total. The summed E-state index contributed by atoms with van der Waals surface area (Å²) in [6, 6.07) is 7.64. The molecule has 2 fully saturated rings. The molecule has 0 aliphatic carbocycles. The van der Waals surface area contributed by atoms with Crippen molar-refractivity contribution in [2.24, 2.45) is 0 Å². The fourth-order valence-electron chi connectivity index (χ4n) is 3.75. The lowest BCUT2D eigenvalue weighted by molar-refractivity contribution is 0.0801. The molecule has 0 N–H and O–H groups in total. The minimum Gasteiger partial charge on any atom is -0.297 e. The van der Waals surface area contributed by atoms with Gasteiger partial charge in [-0.25, -0.2) is 13.1 Å². The van der Waals surface area contributed by atoms with Gasteiger partial charge >= 0.3 is 0 Å². The zero-order valence-corrected chi connectivity index (χ0v) is 14.9. The van der Waals surface area contributed by atoms with Gasteiger partial charge in [-0.3, -0.25) is 14.6 Å². The monoisotopic (exact) mass is 362 g/mol. The molecule has 1 unspecified atom stereocenters. The number of piperazine rings is 1. The van der Waals surface area contributed by atoms with Crippen LogP contribution in [0.5, 0.6) is 0 Å². The first-order valence-corrected chi connectivity index (χ1v) is 10.5. The second-order valence-electron chi connectivity index (χ2n) is 6.89. The Morgan fingerprint density at radius 1 is 1.12 bits per heavy atom. The largest absolute Gasteiger partial charge is 0.297 e. The van der Waals surface area contributed by atoms with Crippen LogP contribution in [0.25, 0.3) is 10.8 Å². The lowest BCUT2D eigenvalue weighted by Crippen LogP contribution is -2.51. The Bertz CT molecular complexity index is 932. The van der Waals surface area contributed by atoms with E-state index in [9.17, 15) is 13.2 Å². The fraction of sp³-hybridized carbons (Fsp3) is 0.529. The quantitative estimate of drug-likeness (QED) is 0.774. The van der Waals surface area contributed by atoms with Gasteiger partial charge < -0.3 is 0 Å². The number of benzene rings is 1. The van der Waals surface area contributed by atoms with Crippen molar-refractivity contribution in [2.45, 2.75) is 19.1 Å². The van der Waals surface area contributed by atoms with Crippen LogP contribution in [0.2, 0.25) is 0 Å². The summed E-state index contributed by atoms with van der Waals surface area (Å²) in [6.45, 7) is 3.78. The summed E-state index contributed by atoms with van der Waals surface area (Å²) in [5, 5.41) is 5.83. The molecule has 4 rings (SSSR count). The van der Waals surface area contributed by atoms with E-state index in [2.05, 4.69) is 14.9 Å². The molecular formula is C17H22N4O3S. The van der Waals surface area contributed by atoms with Crippen LogP contribution >= 0.6 is 0 Å². The molecule has 0 radical (unpaired) electrons. The highest BCUT2D eigenvalue weighted by molar-refractivity contribution is 7.91. The zero-order chi connectivity index (χ0) is 17.4. The third kappa shape index (κ3) is 3.47. The normalized spacial score (nSPS) is 24.7. The lowest BCUT2D eigenvalue weighted by atomic mass is 10.2. The average molecular weight is 362 g/mol. The van der Waals surface area contributed by atoms with Crippen LogP contribution in [0.3, 0.4) is 0 Å². The molecule has 8 heteroatoms. The number of hydrogen-bond acceptors (Lipinski definition) is 6. The van der Waals surface area contributed by atoms with E-state index in [0.717, 1.165) is 38.0 Å². The average Bonchev–Trinajstić information content (AvgIpc) is 2.98. The summed E-state index contributed by atoms with van der Waals surface area (Å²) in [5.74, 6) is 0.604. The smallest absolute Gasteiger partial charge is 0.275 e. The van der Waals surface area contributed by atoms with Gasteiger partial charge in [-0.1, -0.05) is 18.2 Å². The Morgan fingerprint density at radius 2 is 1.88 bits per heavy atom. The van der Waals surface area contributed by atoms with Crippen LogP contribution in [-0.2, 0) is 16.5 Å². The van der Waals surface area contributed by atoms with E-state index in [0.29, 0.717) is 23.6 Å². The number of rotatable bonds is 3. The van der Waals surface area contributed by atoms with Crippen molar-refractivity contribution in [3.8, 4) is 0 Å². The summed E-state index contributed by atoms with van der Waals surface area (Å²) in [7, 11) is -2.84. The second kappa shape index (κ2) is 6.51. The van der Waals surface area contributed by atoms with Crippen molar-refractivity contribution < 1.29 is 8.42 Å². The van der Waals surface area contributed by atoms with Gasteiger partial charge in [0, 0.05) is 37.6 Å². The molecule has 0 bridgehead atoms. The van der Waals surface area contributed by atoms with Crippen LogP contribution in [0.15, 0.2) is 35.3 Å². The van der Waals surface area contributed by atoms with Crippen LogP contribution < -0.4 is 5.56 Å². The summed E-state index contributed by atoms with van der Waals surface area (Å²) in [6.07, 6.45) is 2.48. The molecule has 3 heterocycles. The van der Waals surface area contributed by atoms with Crippen molar-refractivity contribution in [1.82, 2.24) is 19.6 Å². The lowest BCUT2D eigenvalue weighted by Gasteiger charge is -2.37. The predicted molar refractivity (Wildman–Crippen MR) is 96.2 cm³/mol. The Morgan fingerprint density at radius 3 is 2.60 bits per heavy atom. The van der Waals surface area contributed by atoms with Crippen LogP contribution in [0.4, 0.5) is 0 Å². The molecule has 2 aliphatic heterocycles. The van der Waals surface area contributed by atoms with Gasteiger partial charge in [0.25, 0.3) is 5.56 Å². The summed E-state index contributed by atoms with van der Waals surface area (Å²) in [5.41, 5.74) is -0.0672. The third-order valence-electron chi connectivity index (χ3n) is 5.23. The van der Waals surface area contributed by atoms with Gasteiger partial charge in [-0.05, 0) is 12.5 Å². The summed E-state index contributed by atoms with van der Waals surface area (Å²) in [4.78, 5) is 17.0. The van der Waals surface area contributed by atoms with Crippen molar-refractivity contribution >= 4 is 20.6 Å². The first kappa shape index (κ1) is 16.7. The molecule has 0 spiro atoms. The highest BCUT2D eigenvalue weighted by Gasteiger charge is 2.33. The molecule has 2 saturated heterocycles. The molecule has 1 aromatic heterocycles. The molecule has 0 amide bonds. The fourth-order valence-corrected chi connectivity index (χ4v) is 5.51. The van der Waals surface area contributed by atoms with E-state index in [-0.39, 0.29) is 11.6 Å². The number of hydrogen-bond donors (Lipinski definition) is 0. The Labute approximate surface area is 146 Å². The molecule has 25 heavy (non-hydrogen) atoms. The number of sulfone groups is 1. The van der Waals surface area contributed by atoms with E-state index in [1.54, 1.807) is 6.20 Å². The maximum Gasteiger partial charge on any atom is 0.275 e. The van der Waals surface area contributed by atoms with Crippen LogP contribution in [0, 0.1) is 0 Å². The number of aromatic nitrogens is 2. The zero-order valence-electron chi connectivity index (χ0n) is 14.0. The van der Waals surface area contributed by atoms with E-state index in [1.807, 2.05) is 24.3 Å². The van der Waals surface area contributed by atoms with Crippen molar-refractivity contribution in [3.05, 3.63) is 40.8 Å². The second-order valence-corrected chi connectivity index (χ2v) is 9.12.